The summed E-state index contributed by atoms with van der Waals surface area (Å²) >= 11 is 1.60. The SMILES string of the molecule is Cc1nc2cc(C)c(O)cc2s1. The molecule has 2 nitrogen and oxygen atoms in total. The van der Waals surface area contributed by atoms with Gasteiger partial charge in [0.25, 0.3) is 0 Å². The normalized spacial score (nSPS) is 10.8. The summed E-state index contributed by atoms with van der Waals surface area (Å²) in [6.45, 7) is 3.85. The molecule has 1 aromatic carbocycles. The van der Waals surface area contributed by atoms with Crippen LogP contribution in [0.25, 0.3) is 10.2 Å². The van der Waals surface area contributed by atoms with Crippen molar-refractivity contribution in [3.8, 4) is 5.75 Å². The van der Waals surface area contributed by atoms with Gasteiger partial charge < -0.3 is 5.11 Å². The van der Waals surface area contributed by atoms with Crippen molar-refractivity contribution in [2.75, 3.05) is 0 Å². The van der Waals surface area contributed by atoms with E-state index in [1.54, 1.807) is 17.4 Å². The second-order valence-corrected chi connectivity index (χ2v) is 4.07. The highest BCUT2D eigenvalue weighted by atomic mass is 32.1. The van der Waals surface area contributed by atoms with Gasteiger partial charge >= 0.3 is 0 Å². The van der Waals surface area contributed by atoms with Crippen molar-refractivity contribution in [3.63, 3.8) is 0 Å². The Morgan fingerprint density at radius 2 is 2.08 bits per heavy atom. The van der Waals surface area contributed by atoms with Crippen molar-refractivity contribution in [2.24, 2.45) is 0 Å². The summed E-state index contributed by atoms with van der Waals surface area (Å²) in [6, 6.07) is 3.68. The lowest BCUT2D eigenvalue weighted by Crippen LogP contribution is -1.74. The van der Waals surface area contributed by atoms with Gasteiger partial charge in [0.1, 0.15) is 5.75 Å². The zero-order valence-electron chi connectivity index (χ0n) is 6.96. The van der Waals surface area contributed by atoms with Crippen LogP contribution in [0.1, 0.15) is 10.6 Å². The predicted octanol–water partition coefficient (Wildman–Crippen LogP) is 2.62. The number of rotatable bonds is 0. The minimum atomic E-state index is 0.353. The second kappa shape index (κ2) is 2.45. The molecule has 0 aliphatic carbocycles. The van der Waals surface area contributed by atoms with E-state index in [1.165, 1.54) is 0 Å². The largest absolute Gasteiger partial charge is 0.508 e. The molecule has 3 heteroatoms. The number of hydrogen-bond donors (Lipinski definition) is 1. The fourth-order valence-electron chi connectivity index (χ4n) is 1.18. The maximum absolute atomic E-state index is 9.41. The molecule has 0 fully saturated rings. The van der Waals surface area contributed by atoms with Crippen molar-refractivity contribution in [1.29, 1.82) is 0 Å². The van der Waals surface area contributed by atoms with Crippen molar-refractivity contribution in [2.45, 2.75) is 13.8 Å². The number of thiazole rings is 1. The number of benzene rings is 1. The van der Waals surface area contributed by atoms with E-state index in [1.807, 2.05) is 19.9 Å². The number of phenolic OH excluding ortho intramolecular Hbond substituents is 1. The summed E-state index contributed by atoms with van der Waals surface area (Å²) in [4.78, 5) is 4.32. The number of nitrogens with zero attached hydrogens (tertiary/aromatic N) is 1. The average molecular weight is 179 g/mol. The Balaban J connectivity index is 2.83. The summed E-state index contributed by atoms with van der Waals surface area (Å²) in [5, 5.41) is 10.4. The van der Waals surface area contributed by atoms with Gasteiger partial charge in [-0.2, -0.15) is 0 Å². The number of aromatic hydroxyl groups is 1. The molecule has 62 valence electrons. The molecule has 0 amide bonds. The topological polar surface area (TPSA) is 33.1 Å². The Bertz CT molecular complexity index is 394. The number of phenols is 1. The molecular weight excluding hydrogens is 170 g/mol. The van der Waals surface area contributed by atoms with Crippen LogP contribution in [-0.2, 0) is 0 Å². The lowest BCUT2D eigenvalue weighted by atomic mass is 10.2. The number of aryl methyl sites for hydroxylation is 2. The smallest absolute Gasteiger partial charge is 0.120 e. The third-order valence-corrected chi connectivity index (χ3v) is 2.75. The quantitative estimate of drug-likeness (QED) is 0.674. The molecule has 0 aliphatic rings. The highest BCUT2D eigenvalue weighted by Gasteiger charge is 2.03. The van der Waals surface area contributed by atoms with Gasteiger partial charge in [0, 0.05) is 0 Å². The summed E-state index contributed by atoms with van der Waals surface area (Å²) < 4.78 is 1.05. The standard InChI is InChI=1S/C9H9NOS/c1-5-3-7-9(4-8(5)11)12-6(2)10-7/h3-4,11H,1-2H3. The Hall–Kier alpha value is -1.09. The first-order valence-corrected chi connectivity index (χ1v) is 4.55. The van der Waals surface area contributed by atoms with Crippen LogP contribution in [0.4, 0.5) is 0 Å². The lowest BCUT2D eigenvalue weighted by molar-refractivity contribution is 0.472. The third-order valence-electron chi connectivity index (χ3n) is 1.81. The molecule has 0 radical (unpaired) electrons. The first kappa shape index (κ1) is 7.55. The Morgan fingerprint density at radius 1 is 1.33 bits per heavy atom. The third kappa shape index (κ3) is 1.06. The average Bonchev–Trinajstić information content (AvgIpc) is 2.30. The molecule has 2 aromatic rings. The molecule has 0 saturated carbocycles. The van der Waals surface area contributed by atoms with E-state index in [0.717, 1.165) is 20.8 Å². The van der Waals surface area contributed by atoms with Gasteiger partial charge in [-0.15, -0.1) is 11.3 Å². The van der Waals surface area contributed by atoms with Gasteiger partial charge in [-0.3, -0.25) is 0 Å². The molecule has 0 bridgehead atoms. The number of fused-ring (bicyclic) bond motifs is 1. The summed E-state index contributed by atoms with van der Waals surface area (Å²) in [5.41, 5.74) is 1.86. The van der Waals surface area contributed by atoms with Crippen LogP contribution in [0.15, 0.2) is 12.1 Å². The molecule has 0 spiro atoms. The molecule has 12 heavy (non-hydrogen) atoms. The minimum Gasteiger partial charge on any atom is -0.508 e. The summed E-state index contributed by atoms with van der Waals surface area (Å²) in [5.74, 6) is 0.353. The molecule has 0 aliphatic heterocycles. The Kier molecular flexibility index (Phi) is 1.54. The number of hydrogen-bond acceptors (Lipinski definition) is 3. The molecule has 0 unspecified atom stereocenters. The van der Waals surface area contributed by atoms with Gasteiger partial charge in [-0.25, -0.2) is 4.98 Å². The number of aromatic nitrogens is 1. The van der Waals surface area contributed by atoms with Gasteiger partial charge in [0.15, 0.2) is 0 Å². The van der Waals surface area contributed by atoms with E-state index in [-0.39, 0.29) is 0 Å². The van der Waals surface area contributed by atoms with Crippen LogP contribution in [0.2, 0.25) is 0 Å². The van der Waals surface area contributed by atoms with Crippen molar-refractivity contribution in [1.82, 2.24) is 4.98 Å². The Morgan fingerprint density at radius 3 is 2.83 bits per heavy atom. The van der Waals surface area contributed by atoms with Crippen LogP contribution >= 0.6 is 11.3 Å². The molecule has 1 N–H and O–H groups in total. The van der Waals surface area contributed by atoms with E-state index in [0.29, 0.717) is 5.75 Å². The fraction of sp³-hybridized carbons (Fsp3) is 0.222. The fourth-order valence-corrected chi connectivity index (χ4v) is 2.02. The second-order valence-electron chi connectivity index (χ2n) is 2.84. The van der Waals surface area contributed by atoms with Crippen molar-refractivity contribution >= 4 is 21.6 Å². The molecule has 0 saturated heterocycles. The van der Waals surface area contributed by atoms with Crippen molar-refractivity contribution < 1.29 is 5.11 Å². The van der Waals surface area contributed by atoms with E-state index in [9.17, 15) is 5.11 Å². The van der Waals surface area contributed by atoms with Crippen LogP contribution < -0.4 is 0 Å². The van der Waals surface area contributed by atoms with E-state index < -0.39 is 0 Å². The molecule has 2 rings (SSSR count). The first-order valence-electron chi connectivity index (χ1n) is 3.73. The molecule has 1 aromatic heterocycles. The maximum atomic E-state index is 9.41. The highest BCUT2D eigenvalue weighted by molar-refractivity contribution is 7.18. The first-order chi connectivity index (χ1) is 5.66. The Labute approximate surface area is 74.5 Å². The zero-order valence-corrected chi connectivity index (χ0v) is 7.77. The highest BCUT2D eigenvalue weighted by Crippen LogP contribution is 2.27. The van der Waals surface area contributed by atoms with Gasteiger partial charge in [0.2, 0.25) is 0 Å². The van der Waals surface area contributed by atoms with Gasteiger partial charge in [-0.1, -0.05) is 0 Å². The van der Waals surface area contributed by atoms with Gasteiger partial charge in [-0.05, 0) is 31.5 Å². The van der Waals surface area contributed by atoms with Crippen LogP contribution in [-0.4, -0.2) is 10.1 Å². The van der Waals surface area contributed by atoms with E-state index in [4.69, 9.17) is 0 Å². The molecule has 1 heterocycles. The van der Waals surface area contributed by atoms with Gasteiger partial charge in [0.05, 0.1) is 15.2 Å². The zero-order chi connectivity index (χ0) is 8.72. The van der Waals surface area contributed by atoms with Crippen LogP contribution in [0.5, 0.6) is 5.75 Å². The molecule has 0 atom stereocenters. The summed E-state index contributed by atoms with van der Waals surface area (Å²) in [6.07, 6.45) is 0. The lowest BCUT2D eigenvalue weighted by Gasteiger charge is -1.95. The van der Waals surface area contributed by atoms with E-state index in [2.05, 4.69) is 4.98 Å². The summed E-state index contributed by atoms with van der Waals surface area (Å²) in [7, 11) is 0. The maximum Gasteiger partial charge on any atom is 0.120 e. The predicted molar refractivity (Wildman–Crippen MR) is 50.8 cm³/mol. The monoisotopic (exact) mass is 179 g/mol. The van der Waals surface area contributed by atoms with Crippen LogP contribution in [0.3, 0.4) is 0 Å². The van der Waals surface area contributed by atoms with Crippen LogP contribution in [0, 0.1) is 13.8 Å². The minimum absolute atomic E-state index is 0.353. The van der Waals surface area contributed by atoms with Crippen molar-refractivity contribution in [3.05, 3.63) is 22.7 Å². The van der Waals surface area contributed by atoms with E-state index >= 15 is 0 Å². The molecular formula is C9H9NOS.